The Hall–Kier alpha value is -1.79. The molecule has 1 N–H and O–H groups in total. The molecule has 0 bridgehead atoms. The summed E-state index contributed by atoms with van der Waals surface area (Å²) in [6.45, 7) is 0. The van der Waals surface area contributed by atoms with Crippen LogP contribution in [-0.4, -0.2) is 20.1 Å². The van der Waals surface area contributed by atoms with Crippen LogP contribution in [0, 0.1) is 10.1 Å². The monoisotopic (exact) mass is 142 g/mol. The summed E-state index contributed by atoms with van der Waals surface area (Å²) < 4.78 is 0. The van der Waals surface area contributed by atoms with Crippen LogP contribution >= 0.6 is 0 Å². The van der Waals surface area contributed by atoms with Gasteiger partial charge in [-0.2, -0.15) is 5.10 Å². The van der Waals surface area contributed by atoms with Crippen molar-refractivity contribution >= 4 is 5.82 Å². The lowest BCUT2D eigenvalue weighted by molar-refractivity contribution is -0.390. The van der Waals surface area contributed by atoms with E-state index < -0.39 is 16.4 Å². The quantitative estimate of drug-likeness (QED) is 0.403. The van der Waals surface area contributed by atoms with E-state index in [2.05, 4.69) is 10.1 Å². The molecule has 52 valence electrons. The van der Waals surface area contributed by atoms with Crippen LogP contribution in [0.3, 0.4) is 0 Å². The number of hydrogen-bond donors (Lipinski definition) is 1. The molecule has 0 amide bonds. The zero-order chi connectivity index (χ0) is 7.56. The molecule has 1 heterocycles. The Labute approximate surface area is 53.9 Å². The van der Waals surface area contributed by atoms with Gasteiger partial charge in [-0.25, -0.2) is 9.89 Å². The van der Waals surface area contributed by atoms with Crippen LogP contribution < -0.4 is 5.69 Å². The van der Waals surface area contributed by atoms with Crippen molar-refractivity contribution in [3.05, 3.63) is 26.8 Å². The van der Waals surface area contributed by atoms with E-state index in [0.717, 1.165) is 6.20 Å². The molecule has 1 aromatic heterocycles. The molecule has 7 nitrogen and oxygen atoms in total. The summed E-state index contributed by atoms with van der Waals surface area (Å²) in [5.41, 5.74) is -0.825. The van der Waals surface area contributed by atoms with E-state index in [1.165, 1.54) is 0 Å². The Kier molecular flexibility index (Phi) is 1.40. The molecule has 0 radical (unpaired) electrons. The first-order valence-electron chi connectivity index (χ1n) is 2.26. The molecule has 0 aromatic carbocycles. The number of H-pyrrole nitrogens is 1. The highest BCUT2D eigenvalue weighted by molar-refractivity contribution is 5.07. The van der Waals surface area contributed by atoms with E-state index in [0.29, 0.717) is 0 Å². The maximum atomic E-state index is 10.3. The van der Waals surface area contributed by atoms with E-state index in [1.807, 2.05) is 5.10 Å². The lowest BCUT2D eigenvalue weighted by Gasteiger charge is -1.85. The number of nitro groups is 1. The lowest BCUT2D eigenvalue weighted by Crippen LogP contribution is -2.12. The molecule has 7 heteroatoms. The number of nitrogens with zero attached hydrogens (tertiary/aromatic N) is 3. The van der Waals surface area contributed by atoms with Crippen molar-refractivity contribution in [3.63, 3.8) is 0 Å². The Morgan fingerprint density at radius 3 is 2.80 bits per heavy atom. The molecule has 1 rings (SSSR count). The van der Waals surface area contributed by atoms with Crippen LogP contribution in [-0.2, 0) is 0 Å². The topological polar surface area (TPSA) is 102 Å². The predicted octanol–water partition coefficient (Wildman–Crippen LogP) is -0.927. The minimum atomic E-state index is -0.825. The summed E-state index contributed by atoms with van der Waals surface area (Å²) >= 11 is 0. The molecule has 0 saturated heterocycles. The fourth-order valence-electron chi connectivity index (χ4n) is 0.391. The van der Waals surface area contributed by atoms with Gasteiger partial charge in [0.2, 0.25) is 0 Å². The normalized spacial score (nSPS) is 9.20. The molecular weight excluding hydrogens is 140 g/mol. The van der Waals surface area contributed by atoms with Gasteiger partial charge in [0.05, 0.1) is 0 Å². The van der Waals surface area contributed by atoms with Gasteiger partial charge in [0.25, 0.3) is 0 Å². The van der Waals surface area contributed by atoms with E-state index >= 15 is 0 Å². The molecule has 0 aliphatic rings. The highest BCUT2D eigenvalue weighted by Gasteiger charge is 2.06. The van der Waals surface area contributed by atoms with Crippen LogP contribution in [0.4, 0.5) is 5.82 Å². The molecule has 10 heavy (non-hydrogen) atoms. The Morgan fingerprint density at radius 2 is 2.40 bits per heavy atom. The number of hydrogen-bond acceptors (Lipinski definition) is 5. The highest BCUT2D eigenvalue weighted by Crippen LogP contribution is 1.95. The zero-order valence-electron chi connectivity index (χ0n) is 4.64. The standard InChI is InChI=1S/C3H2N4O3/c8-3-5-2(7(9)10)1-4-6-3/h1H,(H,5,6,8). The number of rotatable bonds is 1. The fraction of sp³-hybridized carbons (Fsp3) is 0. The highest BCUT2D eigenvalue weighted by atomic mass is 16.6. The molecule has 0 saturated carbocycles. The summed E-state index contributed by atoms with van der Waals surface area (Å²) in [7, 11) is 0. The average molecular weight is 142 g/mol. The first-order valence-corrected chi connectivity index (χ1v) is 2.26. The Morgan fingerprint density at radius 1 is 1.70 bits per heavy atom. The smallest absolute Gasteiger partial charge is 0.358 e. The number of aromatic nitrogens is 3. The van der Waals surface area contributed by atoms with Gasteiger partial charge in [-0.3, -0.25) is 0 Å². The van der Waals surface area contributed by atoms with Gasteiger partial charge in [-0.1, -0.05) is 0 Å². The number of aromatic amines is 1. The van der Waals surface area contributed by atoms with Crippen molar-refractivity contribution in [1.82, 2.24) is 15.2 Å². The van der Waals surface area contributed by atoms with Gasteiger partial charge in [0.15, 0.2) is 0 Å². The third-order valence-corrected chi connectivity index (χ3v) is 0.743. The SMILES string of the molecule is O=c1nc([N+](=O)[O-])cn[nH]1. The van der Waals surface area contributed by atoms with Crippen molar-refractivity contribution in [2.24, 2.45) is 0 Å². The summed E-state index contributed by atoms with van der Waals surface area (Å²) in [4.78, 5) is 22.4. The van der Waals surface area contributed by atoms with Crippen LogP contribution in [0.1, 0.15) is 0 Å². The molecule has 0 spiro atoms. The van der Waals surface area contributed by atoms with Crippen molar-refractivity contribution in [1.29, 1.82) is 0 Å². The molecule has 0 unspecified atom stereocenters. The maximum absolute atomic E-state index is 10.3. The third-order valence-electron chi connectivity index (χ3n) is 0.743. The van der Waals surface area contributed by atoms with Crippen molar-refractivity contribution in [2.75, 3.05) is 0 Å². The molecule has 0 aliphatic heterocycles. The molecule has 0 atom stereocenters. The van der Waals surface area contributed by atoms with Crippen molar-refractivity contribution < 1.29 is 4.92 Å². The second-order valence-corrected chi connectivity index (χ2v) is 1.40. The van der Waals surface area contributed by atoms with Crippen LogP contribution in [0.2, 0.25) is 0 Å². The maximum Gasteiger partial charge on any atom is 0.471 e. The first-order chi connectivity index (χ1) is 4.70. The predicted molar refractivity (Wildman–Crippen MR) is 29.3 cm³/mol. The van der Waals surface area contributed by atoms with Crippen LogP contribution in [0.25, 0.3) is 0 Å². The zero-order valence-corrected chi connectivity index (χ0v) is 4.64. The second-order valence-electron chi connectivity index (χ2n) is 1.40. The van der Waals surface area contributed by atoms with Gasteiger partial charge in [-0.15, -0.1) is 0 Å². The Balaban J connectivity index is 3.20. The lowest BCUT2D eigenvalue weighted by atomic mass is 10.7. The van der Waals surface area contributed by atoms with Crippen molar-refractivity contribution in [2.45, 2.75) is 0 Å². The summed E-state index contributed by atoms with van der Waals surface area (Å²) in [5.74, 6) is -0.552. The molecule has 0 aliphatic carbocycles. The molecule has 0 fully saturated rings. The first kappa shape index (κ1) is 6.33. The van der Waals surface area contributed by atoms with Gasteiger partial charge >= 0.3 is 11.5 Å². The summed E-state index contributed by atoms with van der Waals surface area (Å²) in [6.07, 6.45) is 0.862. The van der Waals surface area contributed by atoms with E-state index in [9.17, 15) is 14.9 Å². The van der Waals surface area contributed by atoms with Crippen LogP contribution in [0.15, 0.2) is 11.0 Å². The average Bonchev–Trinajstić information content (AvgIpc) is 1.88. The Bertz CT molecular complexity index is 305. The third kappa shape index (κ3) is 1.13. The second kappa shape index (κ2) is 2.21. The van der Waals surface area contributed by atoms with E-state index in [1.54, 1.807) is 0 Å². The largest absolute Gasteiger partial charge is 0.471 e. The van der Waals surface area contributed by atoms with Gasteiger partial charge in [0, 0.05) is 4.98 Å². The molecule has 1 aromatic rings. The summed E-state index contributed by atoms with van der Waals surface area (Å²) in [5, 5.41) is 15.0. The minimum Gasteiger partial charge on any atom is -0.358 e. The van der Waals surface area contributed by atoms with Gasteiger partial charge in [0.1, 0.15) is 6.20 Å². The van der Waals surface area contributed by atoms with Crippen molar-refractivity contribution in [3.8, 4) is 0 Å². The van der Waals surface area contributed by atoms with E-state index in [4.69, 9.17) is 0 Å². The summed E-state index contributed by atoms with van der Waals surface area (Å²) in [6, 6.07) is 0. The molecular formula is C3H2N4O3. The number of nitrogens with one attached hydrogen (secondary N) is 1. The fourth-order valence-corrected chi connectivity index (χ4v) is 0.391. The minimum absolute atomic E-state index is 0.552. The van der Waals surface area contributed by atoms with Gasteiger partial charge < -0.3 is 10.1 Å². The van der Waals surface area contributed by atoms with Crippen LogP contribution in [0.5, 0.6) is 0 Å². The van der Waals surface area contributed by atoms with E-state index in [-0.39, 0.29) is 0 Å². The van der Waals surface area contributed by atoms with Gasteiger partial charge in [-0.05, 0) is 4.92 Å².